The van der Waals surface area contributed by atoms with Crippen molar-refractivity contribution in [1.82, 2.24) is 15.1 Å². The molecule has 0 bridgehead atoms. The Morgan fingerprint density at radius 3 is 2.96 bits per heavy atom. The molecule has 0 unspecified atom stereocenters. The Bertz CT molecular complexity index is 714. The van der Waals surface area contributed by atoms with Crippen molar-refractivity contribution in [2.45, 2.75) is 26.2 Å². The van der Waals surface area contributed by atoms with E-state index >= 15 is 0 Å². The molecular formula is C15H16ClN3O4. The van der Waals surface area contributed by atoms with Gasteiger partial charge in [-0.1, -0.05) is 36.7 Å². The average molecular weight is 338 g/mol. The van der Waals surface area contributed by atoms with Gasteiger partial charge in [0.05, 0.1) is 24.2 Å². The van der Waals surface area contributed by atoms with Crippen LogP contribution in [-0.2, 0) is 11.2 Å². The van der Waals surface area contributed by atoms with Gasteiger partial charge in [0.15, 0.2) is 0 Å². The van der Waals surface area contributed by atoms with Crippen LogP contribution in [0.5, 0.6) is 5.75 Å². The number of carbonyl (C=O) groups is 1. The Morgan fingerprint density at radius 1 is 1.52 bits per heavy atom. The molecule has 8 heteroatoms. The van der Waals surface area contributed by atoms with Gasteiger partial charge in [-0.2, -0.15) is 4.98 Å². The van der Waals surface area contributed by atoms with Crippen molar-refractivity contribution in [3.8, 4) is 17.3 Å². The second kappa shape index (κ2) is 7.73. The number of aromatic nitrogens is 3. The number of pyridine rings is 1. The number of halogens is 1. The van der Waals surface area contributed by atoms with Crippen LogP contribution < -0.4 is 4.74 Å². The maximum atomic E-state index is 10.7. The predicted octanol–water partition coefficient (Wildman–Crippen LogP) is 3.15. The number of nitrogens with zero attached hydrogens (tertiary/aromatic N) is 3. The fourth-order valence-corrected chi connectivity index (χ4v) is 1.92. The Kier molecular flexibility index (Phi) is 5.70. The zero-order chi connectivity index (χ0) is 16.8. The van der Waals surface area contributed by atoms with E-state index in [1.54, 1.807) is 6.07 Å². The van der Waals surface area contributed by atoms with Crippen LogP contribution in [0.1, 0.15) is 25.7 Å². The van der Waals surface area contributed by atoms with Crippen molar-refractivity contribution >= 4 is 17.6 Å². The van der Waals surface area contributed by atoms with E-state index in [-0.39, 0.29) is 23.7 Å². The third-order valence-electron chi connectivity index (χ3n) is 2.93. The molecule has 1 N–H and O–H groups in total. The fraction of sp³-hybridized carbons (Fsp3) is 0.333. The standard InChI is InChI=1S/C15H16ClN3O4/c1-3-4-5-22-10-7-11(16)13(17-8-10)14-18-12(23-19-14)6-9(2)15(20)21/h7-8H,2-6H2,1H3,(H,20,21). The van der Waals surface area contributed by atoms with Crippen molar-refractivity contribution in [2.24, 2.45) is 0 Å². The number of rotatable bonds is 8. The first-order chi connectivity index (χ1) is 11.0. The number of carboxylic acids is 1. The lowest BCUT2D eigenvalue weighted by molar-refractivity contribution is -0.132. The van der Waals surface area contributed by atoms with E-state index in [1.807, 2.05) is 0 Å². The normalized spacial score (nSPS) is 10.5. The summed E-state index contributed by atoms with van der Waals surface area (Å²) in [5, 5.41) is 12.9. The summed E-state index contributed by atoms with van der Waals surface area (Å²) in [6.07, 6.45) is 3.47. The molecule has 0 amide bonds. The van der Waals surface area contributed by atoms with Crippen LogP contribution in [-0.4, -0.2) is 32.8 Å². The third kappa shape index (κ3) is 4.53. The van der Waals surface area contributed by atoms with E-state index in [2.05, 4.69) is 28.6 Å². The van der Waals surface area contributed by atoms with Crippen LogP contribution in [0, 0.1) is 0 Å². The van der Waals surface area contributed by atoms with Crippen LogP contribution in [0.15, 0.2) is 28.9 Å². The lowest BCUT2D eigenvalue weighted by Crippen LogP contribution is -2.02. The van der Waals surface area contributed by atoms with Gasteiger partial charge in [-0.3, -0.25) is 0 Å². The highest BCUT2D eigenvalue weighted by Crippen LogP contribution is 2.27. The number of carboxylic acid groups (broad SMARTS) is 1. The number of hydrogen-bond donors (Lipinski definition) is 1. The Balaban J connectivity index is 2.11. The van der Waals surface area contributed by atoms with E-state index < -0.39 is 5.97 Å². The minimum atomic E-state index is -1.12. The summed E-state index contributed by atoms with van der Waals surface area (Å²) >= 11 is 6.17. The van der Waals surface area contributed by atoms with Gasteiger partial charge >= 0.3 is 5.97 Å². The highest BCUT2D eigenvalue weighted by atomic mass is 35.5. The molecule has 122 valence electrons. The molecular weight excluding hydrogens is 322 g/mol. The molecule has 2 aromatic heterocycles. The second-order valence-electron chi connectivity index (χ2n) is 4.80. The van der Waals surface area contributed by atoms with Gasteiger partial charge in [0.2, 0.25) is 11.7 Å². The molecule has 2 aromatic rings. The number of ether oxygens (including phenoxy) is 1. The van der Waals surface area contributed by atoms with Gasteiger partial charge in [-0.25, -0.2) is 9.78 Å². The molecule has 2 rings (SSSR count). The van der Waals surface area contributed by atoms with E-state index in [0.29, 0.717) is 23.1 Å². The first-order valence-electron chi connectivity index (χ1n) is 7.03. The molecule has 0 fully saturated rings. The molecule has 0 aliphatic heterocycles. The number of aliphatic carboxylic acids is 1. The van der Waals surface area contributed by atoms with Crippen molar-refractivity contribution in [1.29, 1.82) is 0 Å². The zero-order valence-electron chi connectivity index (χ0n) is 12.6. The van der Waals surface area contributed by atoms with Gasteiger partial charge in [-0.15, -0.1) is 0 Å². The van der Waals surface area contributed by atoms with Crippen molar-refractivity contribution in [2.75, 3.05) is 6.61 Å². The Morgan fingerprint density at radius 2 is 2.30 bits per heavy atom. The highest BCUT2D eigenvalue weighted by Gasteiger charge is 2.16. The van der Waals surface area contributed by atoms with E-state index in [0.717, 1.165) is 12.8 Å². The number of hydrogen-bond acceptors (Lipinski definition) is 6. The summed E-state index contributed by atoms with van der Waals surface area (Å²) in [5.74, 6) is -0.235. The summed E-state index contributed by atoms with van der Waals surface area (Å²) in [6.45, 7) is 6.08. The minimum Gasteiger partial charge on any atom is -0.492 e. The Labute approximate surface area is 137 Å². The molecule has 23 heavy (non-hydrogen) atoms. The summed E-state index contributed by atoms with van der Waals surface area (Å²) in [7, 11) is 0. The van der Waals surface area contributed by atoms with Crippen LogP contribution in [0.3, 0.4) is 0 Å². The van der Waals surface area contributed by atoms with Crippen LogP contribution in [0.25, 0.3) is 11.5 Å². The molecule has 0 spiro atoms. The fourth-order valence-electron chi connectivity index (χ4n) is 1.68. The van der Waals surface area contributed by atoms with Gasteiger partial charge in [0.1, 0.15) is 11.4 Å². The smallest absolute Gasteiger partial charge is 0.331 e. The first kappa shape index (κ1) is 17.0. The predicted molar refractivity (Wildman–Crippen MR) is 83.4 cm³/mol. The summed E-state index contributed by atoms with van der Waals surface area (Å²) < 4.78 is 10.5. The minimum absolute atomic E-state index is 0.0427. The third-order valence-corrected chi connectivity index (χ3v) is 3.22. The maximum absolute atomic E-state index is 10.7. The van der Waals surface area contributed by atoms with E-state index in [1.165, 1.54) is 6.20 Å². The monoisotopic (exact) mass is 337 g/mol. The average Bonchev–Trinajstić information content (AvgIpc) is 2.95. The van der Waals surface area contributed by atoms with Gasteiger partial charge in [0.25, 0.3) is 0 Å². The molecule has 0 aliphatic rings. The maximum Gasteiger partial charge on any atom is 0.331 e. The summed E-state index contributed by atoms with van der Waals surface area (Å²) in [5.41, 5.74) is 0.296. The SMILES string of the molecule is C=C(Cc1nc(-c2ncc(OCCCC)cc2Cl)no1)C(=O)O. The van der Waals surface area contributed by atoms with Crippen LogP contribution in [0.4, 0.5) is 0 Å². The van der Waals surface area contributed by atoms with Gasteiger partial charge in [0, 0.05) is 11.6 Å². The highest BCUT2D eigenvalue weighted by molar-refractivity contribution is 6.33. The quantitative estimate of drug-likeness (QED) is 0.583. The summed E-state index contributed by atoms with van der Waals surface area (Å²) in [4.78, 5) is 19.0. The largest absolute Gasteiger partial charge is 0.492 e. The molecule has 0 aliphatic carbocycles. The van der Waals surface area contributed by atoms with Crippen LogP contribution in [0.2, 0.25) is 5.02 Å². The van der Waals surface area contributed by atoms with E-state index in [9.17, 15) is 4.79 Å². The molecule has 0 radical (unpaired) electrons. The van der Waals surface area contributed by atoms with Gasteiger partial charge < -0.3 is 14.4 Å². The van der Waals surface area contributed by atoms with Crippen molar-refractivity contribution < 1.29 is 19.2 Å². The number of unbranched alkanes of at least 4 members (excludes halogenated alkanes) is 1. The molecule has 0 saturated heterocycles. The van der Waals surface area contributed by atoms with Crippen molar-refractivity contribution in [3.63, 3.8) is 0 Å². The lowest BCUT2D eigenvalue weighted by Gasteiger charge is -2.06. The second-order valence-corrected chi connectivity index (χ2v) is 5.21. The van der Waals surface area contributed by atoms with Crippen LogP contribution >= 0.6 is 11.6 Å². The van der Waals surface area contributed by atoms with Crippen molar-refractivity contribution in [3.05, 3.63) is 35.3 Å². The zero-order valence-corrected chi connectivity index (χ0v) is 13.3. The molecule has 0 aromatic carbocycles. The molecule has 7 nitrogen and oxygen atoms in total. The Hall–Kier alpha value is -2.41. The first-order valence-corrected chi connectivity index (χ1v) is 7.41. The lowest BCUT2D eigenvalue weighted by atomic mass is 10.2. The van der Waals surface area contributed by atoms with E-state index in [4.69, 9.17) is 26.0 Å². The molecule has 0 saturated carbocycles. The molecule has 0 atom stereocenters. The molecule has 2 heterocycles. The summed E-state index contributed by atoms with van der Waals surface area (Å²) in [6, 6.07) is 1.63. The van der Waals surface area contributed by atoms with Gasteiger partial charge in [-0.05, 0) is 6.42 Å². The topological polar surface area (TPSA) is 98.3 Å².